The molecule has 9 heteroatoms. The quantitative estimate of drug-likeness (QED) is 0.709. The van der Waals surface area contributed by atoms with E-state index in [1.54, 1.807) is 17.0 Å². The second-order valence-corrected chi connectivity index (χ2v) is 7.20. The number of likely N-dealkylation sites (tertiary alicyclic amines) is 1. The first kappa shape index (κ1) is 19.9. The molecular formula is C21H19F3N4O2. The van der Waals surface area contributed by atoms with Crippen molar-refractivity contribution in [3.63, 3.8) is 0 Å². The Bertz CT molecular complexity index is 1080. The minimum absolute atomic E-state index is 0.000632. The number of carbonyl (C=O) groups is 1. The predicted octanol–water partition coefficient (Wildman–Crippen LogP) is 3.60. The highest BCUT2D eigenvalue weighted by atomic mass is 19.4. The van der Waals surface area contributed by atoms with Gasteiger partial charge in [-0.25, -0.2) is 4.79 Å². The number of alkyl halides is 3. The lowest BCUT2D eigenvalue weighted by atomic mass is 9.95. The summed E-state index contributed by atoms with van der Waals surface area (Å²) in [4.78, 5) is 29.3. The van der Waals surface area contributed by atoms with Gasteiger partial charge in [0.05, 0.1) is 11.3 Å². The van der Waals surface area contributed by atoms with E-state index in [9.17, 15) is 22.8 Å². The topological polar surface area (TPSA) is 71.0 Å². The lowest BCUT2D eigenvalue weighted by molar-refractivity contribution is -0.137. The van der Waals surface area contributed by atoms with Crippen LogP contribution in [0.2, 0.25) is 0 Å². The molecule has 0 bridgehead atoms. The van der Waals surface area contributed by atoms with Gasteiger partial charge in [-0.1, -0.05) is 18.2 Å². The summed E-state index contributed by atoms with van der Waals surface area (Å²) >= 11 is 0. The summed E-state index contributed by atoms with van der Waals surface area (Å²) in [6.45, 7) is 0.871. The zero-order chi connectivity index (χ0) is 21.3. The molecular weight excluding hydrogens is 397 g/mol. The average Bonchev–Trinajstić information content (AvgIpc) is 3.15. The van der Waals surface area contributed by atoms with E-state index in [2.05, 4.69) is 10.1 Å². The highest BCUT2D eigenvalue weighted by Crippen LogP contribution is 2.30. The first-order valence-corrected chi connectivity index (χ1v) is 9.54. The summed E-state index contributed by atoms with van der Waals surface area (Å²) in [5, 5.41) is 4.40. The summed E-state index contributed by atoms with van der Waals surface area (Å²) < 4.78 is 39.4. The fourth-order valence-corrected chi connectivity index (χ4v) is 3.61. The zero-order valence-corrected chi connectivity index (χ0v) is 15.9. The van der Waals surface area contributed by atoms with Gasteiger partial charge in [-0.05, 0) is 49.2 Å². The number of amides is 1. The second-order valence-electron chi connectivity index (χ2n) is 7.20. The number of nitrogens with one attached hydrogen (secondary N) is 1. The number of nitrogens with zero attached hydrogens (tertiary/aromatic N) is 3. The molecule has 0 aliphatic carbocycles. The molecule has 1 aliphatic rings. The van der Waals surface area contributed by atoms with Crippen LogP contribution in [0, 0.1) is 0 Å². The Kier molecular flexibility index (Phi) is 5.19. The van der Waals surface area contributed by atoms with Crippen LogP contribution in [0.1, 0.15) is 40.5 Å². The molecule has 30 heavy (non-hydrogen) atoms. The molecule has 1 N–H and O–H groups in total. The van der Waals surface area contributed by atoms with Crippen molar-refractivity contribution in [2.45, 2.75) is 24.9 Å². The van der Waals surface area contributed by atoms with Crippen LogP contribution >= 0.6 is 0 Å². The Labute approximate surface area is 170 Å². The Balaban J connectivity index is 1.42. The molecule has 0 spiro atoms. The third kappa shape index (κ3) is 4.00. The third-order valence-electron chi connectivity index (χ3n) is 5.26. The smallest absolute Gasteiger partial charge is 0.339 e. The summed E-state index contributed by atoms with van der Waals surface area (Å²) in [7, 11) is 0. The molecule has 0 radical (unpaired) electrons. The van der Waals surface area contributed by atoms with Crippen molar-refractivity contribution in [2.24, 2.45) is 0 Å². The van der Waals surface area contributed by atoms with E-state index < -0.39 is 11.7 Å². The predicted molar refractivity (Wildman–Crippen MR) is 104 cm³/mol. The molecule has 0 saturated carbocycles. The van der Waals surface area contributed by atoms with E-state index in [0.29, 0.717) is 37.4 Å². The SMILES string of the molecule is O=C(c1ccc(C(F)(F)F)cc1)N1CCC(c2nn(-c3ccccc3)c(=O)[nH]2)CC1. The van der Waals surface area contributed by atoms with Crippen molar-refractivity contribution in [1.29, 1.82) is 0 Å². The molecule has 1 aliphatic heterocycles. The van der Waals surface area contributed by atoms with Crippen molar-refractivity contribution in [3.8, 4) is 5.69 Å². The maximum Gasteiger partial charge on any atom is 0.416 e. The number of rotatable bonds is 3. The summed E-state index contributed by atoms with van der Waals surface area (Å²) in [5.41, 5.74) is -0.210. The molecule has 0 unspecified atom stereocenters. The van der Waals surface area contributed by atoms with Crippen LogP contribution in [0.4, 0.5) is 13.2 Å². The first-order valence-electron chi connectivity index (χ1n) is 9.54. The van der Waals surface area contributed by atoms with Gasteiger partial charge in [0.2, 0.25) is 0 Å². The zero-order valence-electron chi connectivity index (χ0n) is 15.9. The number of hydrogen-bond acceptors (Lipinski definition) is 3. The molecule has 156 valence electrons. The Hall–Kier alpha value is -3.36. The molecule has 3 aromatic rings. The highest BCUT2D eigenvalue weighted by Gasteiger charge is 2.31. The molecule has 1 fully saturated rings. The number of aromatic nitrogens is 3. The van der Waals surface area contributed by atoms with E-state index in [1.807, 2.05) is 18.2 Å². The normalized spacial score (nSPS) is 15.4. The number of halogens is 3. The number of carbonyl (C=O) groups excluding carboxylic acids is 1. The maximum absolute atomic E-state index is 12.7. The standard InChI is InChI=1S/C21H19F3N4O2/c22-21(23,24)16-8-6-15(7-9-16)19(29)27-12-10-14(11-13-27)18-25-20(30)28(26-18)17-4-2-1-3-5-17/h1-9,14H,10-13H2,(H,25,26,30). The lowest BCUT2D eigenvalue weighted by Crippen LogP contribution is -2.38. The van der Waals surface area contributed by atoms with Crippen molar-refractivity contribution >= 4 is 5.91 Å². The third-order valence-corrected chi connectivity index (χ3v) is 5.26. The molecule has 6 nitrogen and oxygen atoms in total. The van der Waals surface area contributed by atoms with Crippen LogP contribution in [-0.4, -0.2) is 38.7 Å². The Morgan fingerprint density at radius 2 is 1.63 bits per heavy atom. The van der Waals surface area contributed by atoms with Gasteiger partial charge in [0, 0.05) is 24.6 Å². The lowest BCUT2D eigenvalue weighted by Gasteiger charge is -2.31. The van der Waals surface area contributed by atoms with Crippen molar-refractivity contribution in [2.75, 3.05) is 13.1 Å². The van der Waals surface area contributed by atoms with Crippen LogP contribution in [0.5, 0.6) is 0 Å². The summed E-state index contributed by atoms with van der Waals surface area (Å²) in [5.74, 6) is 0.273. The van der Waals surface area contributed by atoms with E-state index >= 15 is 0 Å². The maximum atomic E-state index is 12.7. The van der Waals surface area contributed by atoms with Crippen LogP contribution < -0.4 is 5.69 Å². The van der Waals surface area contributed by atoms with Gasteiger partial charge in [0.1, 0.15) is 5.82 Å². The monoisotopic (exact) mass is 416 g/mol. The summed E-state index contributed by atoms with van der Waals surface area (Å²) in [6.07, 6.45) is -3.22. The number of hydrogen-bond donors (Lipinski definition) is 1. The van der Waals surface area contributed by atoms with E-state index in [-0.39, 0.29) is 23.1 Å². The molecule has 1 saturated heterocycles. The largest absolute Gasteiger partial charge is 0.416 e. The number of benzene rings is 2. The van der Waals surface area contributed by atoms with E-state index in [4.69, 9.17) is 0 Å². The van der Waals surface area contributed by atoms with Crippen LogP contribution in [0.25, 0.3) is 5.69 Å². The number of piperidine rings is 1. The van der Waals surface area contributed by atoms with Gasteiger partial charge in [0.15, 0.2) is 0 Å². The molecule has 2 aromatic carbocycles. The van der Waals surface area contributed by atoms with Crippen molar-refractivity contribution in [1.82, 2.24) is 19.7 Å². The van der Waals surface area contributed by atoms with Gasteiger partial charge in [-0.2, -0.15) is 17.9 Å². The van der Waals surface area contributed by atoms with Gasteiger partial charge >= 0.3 is 11.9 Å². The molecule has 0 atom stereocenters. The van der Waals surface area contributed by atoms with Gasteiger partial charge in [-0.15, -0.1) is 5.10 Å². The van der Waals surface area contributed by atoms with E-state index in [0.717, 1.165) is 12.1 Å². The minimum Gasteiger partial charge on any atom is -0.339 e. The highest BCUT2D eigenvalue weighted by molar-refractivity contribution is 5.94. The Morgan fingerprint density at radius 3 is 2.23 bits per heavy atom. The minimum atomic E-state index is -4.43. The van der Waals surface area contributed by atoms with Crippen molar-refractivity contribution < 1.29 is 18.0 Å². The molecule has 2 heterocycles. The first-order chi connectivity index (χ1) is 14.3. The Morgan fingerprint density at radius 1 is 1.00 bits per heavy atom. The van der Waals surface area contributed by atoms with Gasteiger partial charge < -0.3 is 4.90 Å². The molecule has 1 amide bonds. The fraction of sp³-hybridized carbons (Fsp3) is 0.286. The van der Waals surface area contributed by atoms with Crippen LogP contribution in [0.3, 0.4) is 0 Å². The molecule has 4 rings (SSSR count). The second kappa shape index (κ2) is 7.81. The average molecular weight is 416 g/mol. The van der Waals surface area contributed by atoms with Gasteiger partial charge in [-0.3, -0.25) is 9.78 Å². The fourth-order valence-electron chi connectivity index (χ4n) is 3.61. The molecule has 1 aromatic heterocycles. The van der Waals surface area contributed by atoms with Crippen molar-refractivity contribution in [3.05, 3.63) is 82.0 Å². The number of H-pyrrole nitrogens is 1. The van der Waals surface area contributed by atoms with E-state index in [1.165, 1.54) is 16.8 Å². The number of aromatic amines is 1. The summed E-state index contributed by atoms with van der Waals surface area (Å²) in [6, 6.07) is 13.3. The van der Waals surface area contributed by atoms with Gasteiger partial charge in [0.25, 0.3) is 5.91 Å². The number of para-hydroxylation sites is 1. The van der Waals surface area contributed by atoms with Crippen LogP contribution in [-0.2, 0) is 6.18 Å². The van der Waals surface area contributed by atoms with Crippen LogP contribution in [0.15, 0.2) is 59.4 Å².